The van der Waals surface area contributed by atoms with E-state index in [1.807, 2.05) is 6.92 Å². The van der Waals surface area contributed by atoms with Crippen molar-refractivity contribution in [2.45, 2.75) is 23.0 Å². The second-order valence-electron chi connectivity index (χ2n) is 7.74. The Labute approximate surface area is 172 Å². The number of hydrogen-bond acceptors (Lipinski definition) is 5. The summed E-state index contributed by atoms with van der Waals surface area (Å²) in [7, 11) is -4.10. The van der Waals surface area contributed by atoms with Gasteiger partial charge in [-0.2, -0.15) is 0 Å². The summed E-state index contributed by atoms with van der Waals surface area (Å²) in [5.74, 6) is -3.70. The molecule has 5 rings (SSSR count). The lowest BCUT2D eigenvalue weighted by molar-refractivity contribution is -0.158. The first-order valence-electron chi connectivity index (χ1n) is 9.34. The second kappa shape index (κ2) is 6.00. The summed E-state index contributed by atoms with van der Waals surface area (Å²) < 4.78 is 45.9. The van der Waals surface area contributed by atoms with Gasteiger partial charge in [-0.05, 0) is 37.3 Å². The van der Waals surface area contributed by atoms with Gasteiger partial charge in [-0.15, -0.1) is 0 Å². The molecule has 0 aromatic heterocycles. The van der Waals surface area contributed by atoms with E-state index in [4.69, 9.17) is 4.74 Å². The second-order valence-corrected chi connectivity index (χ2v) is 9.73. The maximum absolute atomic E-state index is 13.7. The third kappa shape index (κ3) is 2.30. The molecule has 5 nitrogen and oxygen atoms in total. The number of sulfone groups is 1. The number of aryl methyl sites for hydroxylation is 1. The minimum Gasteiger partial charge on any atom is -0.456 e. The van der Waals surface area contributed by atoms with Crippen molar-refractivity contribution in [2.75, 3.05) is 5.75 Å². The van der Waals surface area contributed by atoms with Gasteiger partial charge in [-0.3, -0.25) is 4.79 Å². The highest BCUT2D eigenvalue weighted by atomic mass is 32.2. The molecule has 1 aliphatic heterocycles. The topological polar surface area (TPSA) is 80.7 Å². The standard InChI is InChI=1S/C23H17FO5S/c1-14-6-11-20-19(12-14)22(13-30(27,28)16-9-7-15(24)8-10-16)21(25)17-4-2-3-5-18(17)23(22,26)29-20/h2-12,26H,13H2,1H3. The van der Waals surface area contributed by atoms with E-state index in [-0.39, 0.29) is 21.8 Å². The number of Topliss-reactive ketones (excluding diaryl/α,β-unsaturated/α-hetero) is 1. The average Bonchev–Trinajstić information content (AvgIpc) is 3.06. The van der Waals surface area contributed by atoms with E-state index in [1.54, 1.807) is 42.5 Å². The Kier molecular flexibility index (Phi) is 3.79. The molecule has 0 bridgehead atoms. The van der Waals surface area contributed by atoms with Crippen molar-refractivity contribution in [1.82, 2.24) is 0 Å². The van der Waals surface area contributed by atoms with E-state index in [2.05, 4.69) is 0 Å². The SMILES string of the molecule is Cc1ccc2c(c1)C1(CS(=O)(=O)c3ccc(F)cc3)C(=O)c3ccccc3C1(O)O2. The number of fused-ring (bicyclic) bond motifs is 5. The van der Waals surface area contributed by atoms with Crippen LogP contribution in [0.4, 0.5) is 4.39 Å². The van der Waals surface area contributed by atoms with E-state index < -0.39 is 38.4 Å². The minimum absolute atomic E-state index is 0.134. The molecule has 2 aliphatic rings. The van der Waals surface area contributed by atoms with Crippen LogP contribution in [0.15, 0.2) is 71.6 Å². The quantitative estimate of drug-likeness (QED) is 0.653. The summed E-state index contributed by atoms with van der Waals surface area (Å²) in [6.07, 6.45) is 0. The fourth-order valence-corrected chi connectivity index (χ4v) is 6.28. The van der Waals surface area contributed by atoms with Crippen LogP contribution in [0, 0.1) is 12.7 Å². The molecular weight excluding hydrogens is 407 g/mol. The summed E-state index contributed by atoms with van der Waals surface area (Å²) in [5.41, 5.74) is -0.286. The summed E-state index contributed by atoms with van der Waals surface area (Å²) in [6.45, 7) is 1.81. The van der Waals surface area contributed by atoms with E-state index in [0.29, 0.717) is 5.56 Å². The molecule has 0 saturated carbocycles. The van der Waals surface area contributed by atoms with Gasteiger partial charge in [0.25, 0.3) is 5.79 Å². The zero-order chi connectivity index (χ0) is 21.3. The van der Waals surface area contributed by atoms with Crippen LogP contribution in [0.2, 0.25) is 0 Å². The van der Waals surface area contributed by atoms with Crippen molar-refractivity contribution in [3.8, 4) is 5.75 Å². The highest BCUT2D eigenvalue weighted by Gasteiger charge is 2.71. The Hall–Kier alpha value is -3.03. The van der Waals surface area contributed by atoms with Gasteiger partial charge >= 0.3 is 0 Å². The summed E-state index contributed by atoms with van der Waals surface area (Å²) in [6, 6.07) is 15.9. The van der Waals surface area contributed by atoms with Crippen molar-refractivity contribution >= 4 is 15.6 Å². The van der Waals surface area contributed by atoms with Gasteiger partial charge < -0.3 is 9.84 Å². The highest BCUT2D eigenvalue weighted by molar-refractivity contribution is 7.91. The molecule has 0 saturated heterocycles. The zero-order valence-corrected chi connectivity index (χ0v) is 16.7. The number of ketones is 1. The number of carbonyl (C=O) groups is 1. The summed E-state index contributed by atoms with van der Waals surface area (Å²) in [5, 5.41) is 11.7. The Bertz CT molecular complexity index is 1320. The Morgan fingerprint density at radius 1 is 1.00 bits per heavy atom. The first kappa shape index (κ1) is 19.0. The number of aliphatic hydroxyl groups is 1. The van der Waals surface area contributed by atoms with Crippen molar-refractivity contribution in [1.29, 1.82) is 0 Å². The van der Waals surface area contributed by atoms with Crippen LogP contribution in [-0.4, -0.2) is 25.1 Å². The number of rotatable bonds is 3. The molecule has 30 heavy (non-hydrogen) atoms. The van der Waals surface area contributed by atoms with Crippen LogP contribution in [0.5, 0.6) is 5.75 Å². The van der Waals surface area contributed by atoms with Gasteiger partial charge in [-0.25, -0.2) is 12.8 Å². The Balaban J connectivity index is 1.77. The normalized spacial score (nSPS) is 24.2. The van der Waals surface area contributed by atoms with Crippen LogP contribution in [0.1, 0.15) is 27.0 Å². The largest absolute Gasteiger partial charge is 0.456 e. The van der Waals surface area contributed by atoms with Gasteiger partial charge in [0.15, 0.2) is 15.6 Å². The molecular formula is C23H17FO5S. The molecule has 0 fully saturated rings. The fourth-order valence-electron chi connectivity index (χ4n) is 4.51. The highest BCUT2D eigenvalue weighted by Crippen LogP contribution is 2.60. The predicted octanol–water partition coefficient (Wildman–Crippen LogP) is 3.28. The van der Waals surface area contributed by atoms with E-state index >= 15 is 0 Å². The fraction of sp³-hybridized carbons (Fsp3) is 0.174. The molecule has 1 heterocycles. The number of benzene rings is 3. The first-order chi connectivity index (χ1) is 14.2. The molecule has 0 radical (unpaired) electrons. The molecule has 3 aromatic carbocycles. The number of hydrogen-bond donors (Lipinski definition) is 1. The van der Waals surface area contributed by atoms with Gasteiger partial charge in [0.2, 0.25) is 0 Å². The van der Waals surface area contributed by atoms with E-state index in [1.165, 1.54) is 0 Å². The number of carbonyl (C=O) groups excluding carboxylic acids is 1. The smallest absolute Gasteiger partial charge is 0.254 e. The monoisotopic (exact) mass is 424 g/mol. The van der Waals surface area contributed by atoms with Crippen LogP contribution in [-0.2, 0) is 21.0 Å². The number of ether oxygens (including phenoxy) is 1. The molecule has 152 valence electrons. The van der Waals surface area contributed by atoms with E-state index in [9.17, 15) is 22.7 Å². The van der Waals surface area contributed by atoms with Gasteiger partial charge in [0, 0.05) is 16.7 Å². The molecule has 0 amide bonds. The molecule has 2 atom stereocenters. The lowest BCUT2D eigenvalue weighted by Gasteiger charge is -2.33. The summed E-state index contributed by atoms with van der Waals surface area (Å²) >= 11 is 0. The lowest BCUT2D eigenvalue weighted by atomic mass is 9.75. The Morgan fingerprint density at radius 2 is 1.70 bits per heavy atom. The van der Waals surface area contributed by atoms with Crippen LogP contribution < -0.4 is 4.74 Å². The van der Waals surface area contributed by atoms with Crippen molar-refractivity contribution in [3.05, 3.63) is 94.8 Å². The zero-order valence-electron chi connectivity index (χ0n) is 15.9. The molecule has 2 unspecified atom stereocenters. The predicted molar refractivity (Wildman–Crippen MR) is 107 cm³/mol. The molecule has 7 heteroatoms. The molecule has 0 spiro atoms. The first-order valence-corrected chi connectivity index (χ1v) is 11.0. The summed E-state index contributed by atoms with van der Waals surface area (Å²) in [4.78, 5) is 13.5. The Morgan fingerprint density at radius 3 is 2.43 bits per heavy atom. The number of halogens is 1. The van der Waals surface area contributed by atoms with Gasteiger partial charge in [0.05, 0.1) is 10.6 Å². The molecule has 1 aliphatic carbocycles. The van der Waals surface area contributed by atoms with Gasteiger partial charge in [-0.1, -0.05) is 42.0 Å². The molecule has 3 aromatic rings. The minimum atomic E-state index is -4.10. The van der Waals surface area contributed by atoms with Crippen molar-refractivity contribution < 1.29 is 27.4 Å². The van der Waals surface area contributed by atoms with Gasteiger partial charge in [0.1, 0.15) is 17.0 Å². The van der Waals surface area contributed by atoms with Crippen LogP contribution in [0.25, 0.3) is 0 Å². The third-order valence-electron chi connectivity index (χ3n) is 5.93. The van der Waals surface area contributed by atoms with Crippen molar-refractivity contribution in [2.24, 2.45) is 0 Å². The lowest BCUT2D eigenvalue weighted by Crippen LogP contribution is -2.53. The maximum Gasteiger partial charge on any atom is 0.254 e. The van der Waals surface area contributed by atoms with E-state index in [0.717, 1.165) is 29.8 Å². The van der Waals surface area contributed by atoms with Crippen LogP contribution >= 0.6 is 0 Å². The average molecular weight is 424 g/mol. The van der Waals surface area contributed by atoms with Crippen LogP contribution in [0.3, 0.4) is 0 Å². The maximum atomic E-state index is 13.7. The van der Waals surface area contributed by atoms with Crippen molar-refractivity contribution in [3.63, 3.8) is 0 Å². The molecule has 1 N–H and O–H groups in total. The third-order valence-corrected chi connectivity index (χ3v) is 7.74.